The van der Waals surface area contributed by atoms with E-state index in [1.165, 1.54) is 27.6 Å². The monoisotopic (exact) mass is 402 g/mol. The van der Waals surface area contributed by atoms with Crippen LogP contribution in [-0.2, 0) is 11.2 Å². The third-order valence-electron chi connectivity index (χ3n) is 3.44. The molecule has 3 aromatic rings. The summed E-state index contributed by atoms with van der Waals surface area (Å²) < 4.78 is 0. The van der Waals surface area contributed by atoms with E-state index in [0.29, 0.717) is 32.3 Å². The molecule has 8 nitrogen and oxygen atoms in total. The fourth-order valence-corrected chi connectivity index (χ4v) is 3.89. The molecule has 140 valence electrons. The number of nitrogens with one attached hydrogen (secondary N) is 2. The SMILES string of the molecule is Cc1nc(NC(=O)Cc2csc(Nc3ccccn3)n2)sc1C(=O)N(C)C. The molecule has 10 heteroatoms. The lowest BCUT2D eigenvalue weighted by molar-refractivity contribution is -0.115. The number of pyridine rings is 1. The standard InChI is InChI=1S/C17H18N6O2S2/c1-10-14(15(25)23(2)3)27-17(19-10)22-13(24)8-11-9-26-16(20-11)21-12-6-4-5-7-18-12/h4-7,9H,8H2,1-3H3,(H,18,20,21)(H,19,22,24). The summed E-state index contributed by atoms with van der Waals surface area (Å²) in [6.45, 7) is 1.75. The van der Waals surface area contributed by atoms with Gasteiger partial charge in [-0.05, 0) is 19.1 Å². The molecule has 0 atom stereocenters. The first-order valence-corrected chi connectivity index (χ1v) is 9.73. The average molecular weight is 403 g/mol. The van der Waals surface area contributed by atoms with Crippen molar-refractivity contribution < 1.29 is 9.59 Å². The highest BCUT2D eigenvalue weighted by Gasteiger charge is 2.18. The van der Waals surface area contributed by atoms with Crippen LogP contribution in [0.15, 0.2) is 29.8 Å². The van der Waals surface area contributed by atoms with Crippen molar-refractivity contribution >= 4 is 50.6 Å². The van der Waals surface area contributed by atoms with E-state index in [2.05, 4.69) is 25.6 Å². The fourth-order valence-electron chi connectivity index (χ4n) is 2.17. The quantitative estimate of drug-likeness (QED) is 0.658. The Morgan fingerprint density at radius 2 is 2.00 bits per heavy atom. The van der Waals surface area contributed by atoms with E-state index in [9.17, 15) is 9.59 Å². The number of thiazole rings is 2. The Kier molecular flexibility index (Phi) is 5.77. The van der Waals surface area contributed by atoms with Gasteiger partial charge in [-0.1, -0.05) is 17.4 Å². The maximum Gasteiger partial charge on any atom is 0.265 e. The minimum absolute atomic E-state index is 0.121. The molecule has 0 saturated heterocycles. The number of anilines is 3. The van der Waals surface area contributed by atoms with Crippen LogP contribution < -0.4 is 10.6 Å². The largest absolute Gasteiger partial charge is 0.344 e. The summed E-state index contributed by atoms with van der Waals surface area (Å²) in [6, 6.07) is 5.55. The van der Waals surface area contributed by atoms with Crippen molar-refractivity contribution in [2.75, 3.05) is 24.7 Å². The van der Waals surface area contributed by atoms with Gasteiger partial charge in [0.25, 0.3) is 5.91 Å². The molecule has 2 N–H and O–H groups in total. The summed E-state index contributed by atoms with van der Waals surface area (Å²) in [4.78, 5) is 39.2. The van der Waals surface area contributed by atoms with Crippen LogP contribution in [0.2, 0.25) is 0 Å². The van der Waals surface area contributed by atoms with Crippen LogP contribution in [0.1, 0.15) is 21.1 Å². The zero-order valence-electron chi connectivity index (χ0n) is 15.0. The predicted octanol–water partition coefficient (Wildman–Crippen LogP) is 2.93. The smallest absolute Gasteiger partial charge is 0.265 e. The van der Waals surface area contributed by atoms with E-state index in [4.69, 9.17) is 0 Å². The third-order valence-corrected chi connectivity index (χ3v) is 5.30. The highest BCUT2D eigenvalue weighted by Crippen LogP contribution is 2.24. The van der Waals surface area contributed by atoms with Crippen LogP contribution in [0.5, 0.6) is 0 Å². The topological polar surface area (TPSA) is 100 Å². The van der Waals surface area contributed by atoms with Gasteiger partial charge < -0.3 is 15.5 Å². The van der Waals surface area contributed by atoms with E-state index in [1.54, 1.807) is 27.2 Å². The van der Waals surface area contributed by atoms with Gasteiger partial charge in [0, 0.05) is 25.7 Å². The normalized spacial score (nSPS) is 10.5. The van der Waals surface area contributed by atoms with Crippen molar-refractivity contribution in [1.82, 2.24) is 19.9 Å². The Morgan fingerprint density at radius 3 is 2.70 bits per heavy atom. The first-order chi connectivity index (χ1) is 12.9. The summed E-state index contributed by atoms with van der Waals surface area (Å²) in [7, 11) is 3.36. The van der Waals surface area contributed by atoms with Crippen molar-refractivity contribution in [3.63, 3.8) is 0 Å². The van der Waals surface area contributed by atoms with Gasteiger partial charge in [0.2, 0.25) is 5.91 Å². The molecule has 0 unspecified atom stereocenters. The molecule has 0 radical (unpaired) electrons. The highest BCUT2D eigenvalue weighted by molar-refractivity contribution is 7.17. The molecular weight excluding hydrogens is 384 g/mol. The van der Waals surface area contributed by atoms with E-state index in [0.717, 1.165) is 0 Å². The Labute approximate surface area is 164 Å². The van der Waals surface area contributed by atoms with Crippen LogP contribution in [0.25, 0.3) is 0 Å². The van der Waals surface area contributed by atoms with Gasteiger partial charge in [-0.3, -0.25) is 9.59 Å². The van der Waals surface area contributed by atoms with Gasteiger partial charge >= 0.3 is 0 Å². The summed E-state index contributed by atoms with van der Waals surface area (Å²) in [5.74, 6) is 0.330. The molecule has 0 aliphatic rings. The van der Waals surface area contributed by atoms with Crippen LogP contribution in [-0.4, -0.2) is 45.8 Å². The molecule has 2 amide bonds. The second kappa shape index (κ2) is 8.23. The van der Waals surface area contributed by atoms with E-state index < -0.39 is 0 Å². The predicted molar refractivity (Wildman–Crippen MR) is 107 cm³/mol. The van der Waals surface area contributed by atoms with Crippen LogP contribution in [0.3, 0.4) is 0 Å². The van der Waals surface area contributed by atoms with Crippen LogP contribution in [0, 0.1) is 6.92 Å². The molecule has 3 heterocycles. The zero-order valence-corrected chi connectivity index (χ0v) is 16.6. The number of carbonyl (C=O) groups excluding carboxylic acids is 2. The average Bonchev–Trinajstić information content (AvgIpc) is 3.21. The van der Waals surface area contributed by atoms with Crippen molar-refractivity contribution in [1.29, 1.82) is 0 Å². The molecule has 3 aromatic heterocycles. The van der Waals surface area contributed by atoms with Gasteiger partial charge in [0.05, 0.1) is 17.8 Å². The minimum Gasteiger partial charge on any atom is -0.344 e. The summed E-state index contributed by atoms with van der Waals surface area (Å²) >= 11 is 2.57. The molecule has 0 bridgehead atoms. The number of amides is 2. The molecule has 27 heavy (non-hydrogen) atoms. The van der Waals surface area contributed by atoms with Gasteiger partial charge in [-0.2, -0.15) is 0 Å². The second-order valence-electron chi connectivity index (χ2n) is 5.84. The zero-order chi connectivity index (χ0) is 19.4. The first-order valence-electron chi connectivity index (χ1n) is 8.04. The number of rotatable bonds is 6. The molecule has 0 spiro atoms. The van der Waals surface area contributed by atoms with Gasteiger partial charge in [-0.25, -0.2) is 15.0 Å². The number of aryl methyl sites for hydroxylation is 1. The molecular formula is C17H18N6O2S2. The summed E-state index contributed by atoms with van der Waals surface area (Å²) in [5, 5.41) is 8.72. The highest BCUT2D eigenvalue weighted by atomic mass is 32.1. The van der Waals surface area contributed by atoms with E-state index in [1.807, 2.05) is 23.6 Å². The maximum absolute atomic E-state index is 12.3. The van der Waals surface area contributed by atoms with Crippen molar-refractivity contribution in [3.05, 3.63) is 46.0 Å². The van der Waals surface area contributed by atoms with Crippen LogP contribution >= 0.6 is 22.7 Å². The molecule has 0 aromatic carbocycles. The Hall–Kier alpha value is -2.85. The Morgan fingerprint density at radius 1 is 1.19 bits per heavy atom. The number of hydrogen-bond acceptors (Lipinski definition) is 8. The lowest BCUT2D eigenvalue weighted by Crippen LogP contribution is -2.21. The number of aromatic nitrogens is 3. The van der Waals surface area contributed by atoms with Crippen LogP contribution in [0.4, 0.5) is 16.1 Å². The van der Waals surface area contributed by atoms with E-state index in [-0.39, 0.29) is 18.2 Å². The van der Waals surface area contributed by atoms with Gasteiger partial charge in [-0.15, -0.1) is 11.3 Å². The second-order valence-corrected chi connectivity index (χ2v) is 7.70. The number of carbonyl (C=O) groups is 2. The van der Waals surface area contributed by atoms with Gasteiger partial charge in [0.1, 0.15) is 10.7 Å². The number of hydrogen-bond donors (Lipinski definition) is 2. The van der Waals surface area contributed by atoms with E-state index >= 15 is 0 Å². The maximum atomic E-state index is 12.3. The van der Waals surface area contributed by atoms with Crippen molar-refractivity contribution in [2.24, 2.45) is 0 Å². The fraction of sp³-hybridized carbons (Fsp3) is 0.235. The molecule has 0 aliphatic carbocycles. The molecule has 0 fully saturated rings. The van der Waals surface area contributed by atoms with Crippen molar-refractivity contribution in [3.8, 4) is 0 Å². The van der Waals surface area contributed by atoms with Gasteiger partial charge in [0.15, 0.2) is 10.3 Å². The Balaban J connectivity index is 1.60. The first kappa shape index (κ1) is 18.9. The molecule has 3 rings (SSSR count). The minimum atomic E-state index is -0.234. The lowest BCUT2D eigenvalue weighted by atomic mass is 10.3. The van der Waals surface area contributed by atoms with Crippen molar-refractivity contribution in [2.45, 2.75) is 13.3 Å². The summed E-state index contributed by atoms with van der Waals surface area (Å²) in [5.41, 5.74) is 1.25. The third kappa shape index (κ3) is 4.86. The summed E-state index contributed by atoms with van der Waals surface area (Å²) in [6.07, 6.45) is 1.81. The molecule has 0 aliphatic heterocycles. The molecule has 0 saturated carbocycles. The lowest BCUT2D eigenvalue weighted by Gasteiger charge is -2.07. The number of nitrogens with zero attached hydrogens (tertiary/aromatic N) is 4. The Bertz CT molecular complexity index is 952.